The van der Waals surface area contributed by atoms with Crippen LogP contribution in [0.25, 0.3) is 0 Å². The van der Waals surface area contributed by atoms with Gasteiger partial charge in [0.1, 0.15) is 0 Å². The summed E-state index contributed by atoms with van der Waals surface area (Å²) in [6, 6.07) is 6.88. The van der Waals surface area contributed by atoms with Crippen molar-refractivity contribution in [2.45, 2.75) is 33.2 Å². The van der Waals surface area contributed by atoms with Gasteiger partial charge in [-0.3, -0.25) is 0 Å². The van der Waals surface area contributed by atoms with E-state index in [1.54, 1.807) is 0 Å². The molecule has 3 unspecified atom stereocenters. The van der Waals surface area contributed by atoms with Gasteiger partial charge < -0.3 is 10.6 Å². The van der Waals surface area contributed by atoms with Crippen LogP contribution in [0.3, 0.4) is 0 Å². The van der Waals surface area contributed by atoms with Gasteiger partial charge in [0.2, 0.25) is 0 Å². The molecule has 1 aliphatic heterocycles. The quantitative estimate of drug-likeness (QED) is 0.926. The lowest BCUT2D eigenvalue weighted by atomic mass is 10.0. The molecule has 100 valence electrons. The molecule has 1 aromatic rings. The monoisotopic (exact) mass is 310 g/mol. The molecule has 2 nitrogen and oxygen atoms in total. The Morgan fingerprint density at radius 2 is 1.94 bits per heavy atom. The number of nitrogens with zero attached hydrogens (tertiary/aromatic N) is 1. The molecule has 0 saturated carbocycles. The number of halogens is 1. The molecular formula is C15H23BrN2. The van der Waals surface area contributed by atoms with Crippen molar-refractivity contribution in [3.8, 4) is 0 Å². The summed E-state index contributed by atoms with van der Waals surface area (Å²) < 4.78 is 1.18. The van der Waals surface area contributed by atoms with Crippen molar-refractivity contribution in [1.82, 2.24) is 0 Å². The number of rotatable bonds is 3. The molecule has 3 heteroatoms. The van der Waals surface area contributed by atoms with Crippen LogP contribution in [0.4, 0.5) is 5.69 Å². The smallest absolute Gasteiger partial charge is 0.0377 e. The van der Waals surface area contributed by atoms with Gasteiger partial charge in [-0.05, 0) is 42.9 Å². The summed E-state index contributed by atoms with van der Waals surface area (Å²) in [7, 11) is 0. The zero-order valence-corrected chi connectivity index (χ0v) is 13.1. The number of hydrogen-bond acceptors (Lipinski definition) is 2. The number of nitrogens with two attached hydrogens (primary N) is 1. The van der Waals surface area contributed by atoms with Crippen molar-refractivity contribution < 1.29 is 0 Å². The third-order valence-electron chi connectivity index (χ3n) is 3.93. The predicted molar refractivity (Wildman–Crippen MR) is 82.0 cm³/mol. The molecule has 0 bridgehead atoms. The zero-order chi connectivity index (χ0) is 13.3. The van der Waals surface area contributed by atoms with E-state index >= 15 is 0 Å². The average molecular weight is 311 g/mol. The Balaban J connectivity index is 2.14. The lowest BCUT2D eigenvalue weighted by Gasteiger charge is -2.20. The van der Waals surface area contributed by atoms with E-state index in [1.165, 1.54) is 28.8 Å². The molecule has 1 heterocycles. The van der Waals surface area contributed by atoms with Crippen LogP contribution < -0.4 is 10.6 Å². The first kappa shape index (κ1) is 13.9. The maximum absolute atomic E-state index is 5.86. The first-order valence-electron chi connectivity index (χ1n) is 6.76. The van der Waals surface area contributed by atoms with Gasteiger partial charge in [0.15, 0.2) is 0 Å². The highest BCUT2D eigenvalue weighted by Gasteiger charge is 2.26. The summed E-state index contributed by atoms with van der Waals surface area (Å²) in [4.78, 5) is 2.48. The molecule has 1 aromatic carbocycles. The Morgan fingerprint density at radius 1 is 1.33 bits per heavy atom. The highest BCUT2D eigenvalue weighted by molar-refractivity contribution is 9.10. The maximum atomic E-state index is 5.86. The Kier molecular flexibility index (Phi) is 4.33. The van der Waals surface area contributed by atoms with Crippen molar-refractivity contribution in [2.24, 2.45) is 17.6 Å². The maximum Gasteiger partial charge on any atom is 0.0377 e. The van der Waals surface area contributed by atoms with Gasteiger partial charge >= 0.3 is 0 Å². The largest absolute Gasteiger partial charge is 0.371 e. The van der Waals surface area contributed by atoms with E-state index in [9.17, 15) is 0 Å². The highest BCUT2D eigenvalue weighted by atomic mass is 79.9. The Bertz CT molecular complexity index is 407. The van der Waals surface area contributed by atoms with Crippen LogP contribution >= 0.6 is 15.9 Å². The van der Waals surface area contributed by atoms with Crippen LogP contribution in [0.5, 0.6) is 0 Å². The molecule has 1 aliphatic rings. The molecule has 0 amide bonds. The normalized spacial score (nSPS) is 25.5. The number of benzene rings is 1. The molecule has 1 fully saturated rings. The van der Waals surface area contributed by atoms with E-state index in [1.807, 2.05) is 6.92 Å². The molecule has 0 aliphatic carbocycles. The van der Waals surface area contributed by atoms with Crippen molar-refractivity contribution in [3.05, 3.63) is 28.2 Å². The molecule has 0 radical (unpaired) electrons. The third kappa shape index (κ3) is 3.07. The van der Waals surface area contributed by atoms with Gasteiger partial charge in [0, 0.05) is 29.3 Å². The molecular weight excluding hydrogens is 288 g/mol. The molecule has 2 rings (SSSR count). The van der Waals surface area contributed by atoms with Gasteiger partial charge in [-0.2, -0.15) is 0 Å². The first-order chi connectivity index (χ1) is 8.47. The van der Waals surface area contributed by atoms with E-state index in [2.05, 4.69) is 52.9 Å². The lowest BCUT2D eigenvalue weighted by Crippen LogP contribution is -2.20. The minimum absolute atomic E-state index is 0.207. The third-order valence-corrected chi connectivity index (χ3v) is 4.67. The number of anilines is 1. The minimum Gasteiger partial charge on any atom is -0.371 e. The van der Waals surface area contributed by atoms with E-state index in [0.29, 0.717) is 0 Å². The van der Waals surface area contributed by atoms with Crippen LogP contribution in [-0.4, -0.2) is 19.1 Å². The summed E-state index contributed by atoms with van der Waals surface area (Å²) in [6.45, 7) is 9.05. The summed E-state index contributed by atoms with van der Waals surface area (Å²) in [5.74, 6) is 1.57. The molecule has 2 N–H and O–H groups in total. The average Bonchev–Trinajstić information content (AvgIpc) is 2.62. The summed E-state index contributed by atoms with van der Waals surface area (Å²) >= 11 is 3.67. The summed E-state index contributed by atoms with van der Waals surface area (Å²) in [6.07, 6.45) is 0.924. The number of hydrogen-bond donors (Lipinski definition) is 1. The van der Waals surface area contributed by atoms with Crippen LogP contribution in [0, 0.1) is 11.8 Å². The fraction of sp³-hybridized carbons (Fsp3) is 0.600. The van der Waals surface area contributed by atoms with E-state index in [-0.39, 0.29) is 6.04 Å². The summed E-state index contributed by atoms with van der Waals surface area (Å²) in [5.41, 5.74) is 8.48. The van der Waals surface area contributed by atoms with Gasteiger partial charge in [0.25, 0.3) is 0 Å². The standard InChI is InChI=1S/C15H23BrN2/c1-10-8-18(9-11(10)2)14-5-4-13(6-12(3)17)15(16)7-14/h4-5,7,10-12H,6,8-9,17H2,1-3H3. The van der Waals surface area contributed by atoms with Crippen molar-refractivity contribution in [2.75, 3.05) is 18.0 Å². The second kappa shape index (κ2) is 5.62. The summed E-state index contributed by atoms with van der Waals surface area (Å²) in [5, 5.41) is 0. The lowest BCUT2D eigenvalue weighted by molar-refractivity contribution is 0.494. The van der Waals surface area contributed by atoms with Gasteiger partial charge in [-0.15, -0.1) is 0 Å². The fourth-order valence-corrected chi connectivity index (χ4v) is 3.11. The van der Waals surface area contributed by atoms with Crippen LogP contribution in [0.1, 0.15) is 26.3 Å². The van der Waals surface area contributed by atoms with Crippen LogP contribution in [0.2, 0.25) is 0 Å². The molecule has 1 saturated heterocycles. The Morgan fingerprint density at radius 3 is 2.44 bits per heavy atom. The molecule has 0 spiro atoms. The van der Waals surface area contributed by atoms with Gasteiger partial charge in [-0.1, -0.05) is 35.8 Å². The minimum atomic E-state index is 0.207. The van der Waals surface area contributed by atoms with Crippen molar-refractivity contribution >= 4 is 21.6 Å². The van der Waals surface area contributed by atoms with E-state index in [0.717, 1.165) is 18.3 Å². The fourth-order valence-electron chi connectivity index (χ4n) is 2.59. The Hall–Kier alpha value is -0.540. The van der Waals surface area contributed by atoms with Crippen molar-refractivity contribution in [3.63, 3.8) is 0 Å². The molecule has 0 aromatic heterocycles. The first-order valence-corrected chi connectivity index (χ1v) is 7.55. The SMILES string of the molecule is CC(N)Cc1ccc(N2CC(C)C(C)C2)cc1Br. The topological polar surface area (TPSA) is 29.3 Å². The predicted octanol–water partition coefficient (Wildman–Crippen LogP) is 3.43. The molecule has 3 atom stereocenters. The van der Waals surface area contributed by atoms with E-state index < -0.39 is 0 Å². The second-order valence-corrected chi connectivity index (χ2v) is 6.67. The van der Waals surface area contributed by atoms with Crippen molar-refractivity contribution in [1.29, 1.82) is 0 Å². The van der Waals surface area contributed by atoms with Gasteiger partial charge in [-0.25, -0.2) is 0 Å². The van der Waals surface area contributed by atoms with Crippen LogP contribution in [-0.2, 0) is 6.42 Å². The highest BCUT2D eigenvalue weighted by Crippen LogP contribution is 2.31. The zero-order valence-electron chi connectivity index (χ0n) is 11.5. The molecule has 18 heavy (non-hydrogen) atoms. The van der Waals surface area contributed by atoms with E-state index in [4.69, 9.17) is 5.73 Å². The Labute approximate surface area is 119 Å². The second-order valence-electron chi connectivity index (χ2n) is 5.82. The van der Waals surface area contributed by atoms with Gasteiger partial charge in [0.05, 0.1) is 0 Å². The van der Waals surface area contributed by atoms with Crippen LogP contribution in [0.15, 0.2) is 22.7 Å².